The number of hydrogen-bond donors (Lipinski definition) is 2. The monoisotopic (exact) mass is 477 g/mol. The lowest BCUT2D eigenvalue weighted by Crippen LogP contribution is -2.47. The number of aromatic amines is 1. The van der Waals surface area contributed by atoms with Gasteiger partial charge in [0.05, 0.1) is 24.1 Å². The average Bonchev–Trinajstić information content (AvgIpc) is 3.21. The molecule has 2 atom stereocenters. The molecule has 12 heteroatoms. The number of carbonyl (C=O) groups is 1. The van der Waals surface area contributed by atoms with E-state index in [1.54, 1.807) is 13.1 Å². The van der Waals surface area contributed by atoms with Crippen LogP contribution in [0.2, 0.25) is 0 Å². The van der Waals surface area contributed by atoms with E-state index >= 15 is 0 Å². The zero-order valence-electron chi connectivity index (χ0n) is 19.2. The molecule has 0 spiro atoms. The van der Waals surface area contributed by atoms with Crippen molar-refractivity contribution in [2.45, 2.75) is 57.7 Å². The first-order valence-electron chi connectivity index (χ1n) is 11.4. The maximum absolute atomic E-state index is 12.9. The molecule has 2 aliphatic heterocycles. The number of likely N-dealkylation sites (tertiary alicyclic amines) is 1. The summed E-state index contributed by atoms with van der Waals surface area (Å²) in [4.78, 5) is 36.6. The molecule has 2 aromatic heterocycles. The van der Waals surface area contributed by atoms with Gasteiger partial charge in [0.1, 0.15) is 6.10 Å². The van der Waals surface area contributed by atoms with Gasteiger partial charge < -0.3 is 19.9 Å². The summed E-state index contributed by atoms with van der Waals surface area (Å²) in [5.74, 6) is 0.432. The molecule has 2 aromatic rings. The highest BCUT2D eigenvalue weighted by Gasteiger charge is 2.38. The van der Waals surface area contributed by atoms with Crippen molar-refractivity contribution in [1.82, 2.24) is 25.1 Å². The Morgan fingerprint density at radius 3 is 2.53 bits per heavy atom. The van der Waals surface area contributed by atoms with Crippen molar-refractivity contribution in [3.05, 3.63) is 40.1 Å². The van der Waals surface area contributed by atoms with E-state index in [0.717, 1.165) is 25.2 Å². The third-order valence-corrected chi connectivity index (χ3v) is 6.34. The third-order valence-electron chi connectivity index (χ3n) is 6.34. The molecule has 34 heavy (non-hydrogen) atoms. The van der Waals surface area contributed by atoms with Gasteiger partial charge in [-0.2, -0.15) is 5.10 Å². The largest absolute Gasteiger partial charge is 0.379 e. The molecule has 1 amide bonds. The number of piperidine rings is 1. The lowest BCUT2D eigenvalue weighted by atomic mass is 10.0. The van der Waals surface area contributed by atoms with Gasteiger partial charge in [-0.05, 0) is 26.7 Å². The van der Waals surface area contributed by atoms with Crippen LogP contribution in [-0.2, 0) is 9.53 Å². The van der Waals surface area contributed by atoms with Crippen LogP contribution in [0.5, 0.6) is 0 Å². The van der Waals surface area contributed by atoms with Gasteiger partial charge in [0.2, 0.25) is 5.95 Å². The summed E-state index contributed by atoms with van der Waals surface area (Å²) < 4.78 is 31.3. The Balaban J connectivity index is 1.24. The number of rotatable bonds is 8. The van der Waals surface area contributed by atoms with Crippen LogP contribution in [0.25, 0.3) is 0 Å². The lowest BCUT2D eigenvalue weighted by Gasteiger charge is -2.36. The number of amides is 1. The molecule has 10 nitrogen and oxygen atoms in total. The quantitative estimate of drug-likeness (QED) is 0.592. The van der Waals surface area contributed by atoms with Crippen LogP contribution in [0.15, 0.2) is 23.4 Å². The second kappa shape index (κ2) is 10.4. The van der Waals surface area contributed by atoms with Gasteiger partial charge in [0.15, 0.2) is 0 Å². The number of anilines is 2. The Labute approximate surface area is 195 Å². The molecule has 0 radical (unpaired) electrons. The minimum Gasteiger partial charge on any atom is -0.379 e. The van der Waals surface area contributed by atoms with E-state index in [9.17, 15) is 18.4 Å². The van der Waals surface area contributed by atoms with Gasteiger partial charge in [-0.25, -0.2) is 23.8 Å². The molecule has 0 aliphatic carbocycles. The molecule has 2 aliphatic rings. The highest BCUT2D eigenvalue weighted by atomic mass is 19.3. The fourth-order valence-electron chi connectivity index (χ4n) is 4.35. The molecule has 4 heterocycles. The summed E-state index contributed by atoms with van der Waals surface area (Å²) in [5.41, 5.74) is 0.745. The van der Waals surface area contributed by atoms with Crippen LogP contribution in [-0.4, -0.2) is 75.4 Å². The van der Waals surface area contributed by atoms with Crippen molar-refractivity contribution < 1.29 is 18.3 Å². The molecule has 0 unspecified atom stereocenters. The van der Waals surface area contributed by atoms with Crippen molar-refractivity contribution in [2.24, 2.45) is 0 Å². The van der Waals surface area contributed by atoms with Gasteiger partial charge in [-0.1, -0.05) is 0 Å². The van der Waals surface area contributed by atoms with Crippen LogP contribution < -0.4 is 15.8 Å². The standard InChI is InChI=1S/C22H29F2N7O3/c1-13(28-17-11-27-29-20(32)14(17)2)12-34-18-5-8-31(21(18)33)16-3-6-30(7-4-16)22-25-9-15(10-26-22)19(23)24/h9-11,13,16,18-19H,3-8,12H2,1-2H3,(H2,28,29,32)/t13-,18+/m0/s1. The van der Waals surface area contributed by atoms with Gasteiger partial charge in [0, 0.05) is 56.1 Å². The number of halogens is 2. The summed E-state index contributed by atoms with van der Waals surface area (Å²) >= 11 is 0. The van der Waals surface area contributed by atoms with Crippen LogP contribution in [0, 0.1) is 6.92 Å². The average molecular weight is 478 g/mol. The molecule has 2 fully saturated rings. The number of hydrogen-bond acceptors (Lipinski definition) is 8. The number of aromatic nitrogens is 4. The molecule has 0 aromatic carbocycles. The molecule has 4 rings (SSSR count). The van der Waals surface area contributed by atoms with E-state index in [-0.39, 0.29) is 29.1 Å². The van der Waals surface area contributed by atoms with Gasteiger partial charge in [-0.15, -0.1) is 0 Å². The lowest BCUT2D eigenvalue weighted by molar-refractivity contribution is -0.139. The third kappa shape index (κ3) is 5.32. The fraction of sp³-hybridized carbons (Fsp3) is 0.591. The first-order chi connectivity index (χ1) is 16.3. The first kappa shape index (κ1) is 24.0. The predicted molar refractivity (Wildman–Crippen MR) is 121 cm³/mol. The van der Waals surface area contributed by atoms with E-state index in [2.05, 4.69) is 25.5 Å². The SMILES string of the molecule is Cc1c(N[C@@H](C)CO[C@@H]2CCN(C3CCN(c4ncc(C(F)F)cn4)CC3)C2=O)cn[nH]c1=O. The second-order valence-corrected chi connectivity index (χ2v) is 8.76. The summed E-state index contributed by atoms with van der Waals surface area (Å²) in [6, 6.07) is 0.00171. The Hall–Kier alpha value is -3.15. The summed E-state index contributed by atoms with van der Waals surface area (Å²) in [6.45, 7) is 5.90. The van der Waals surface area contributed by atoms with E-state index in [0.29, 0.717) is 49.9 Å². The van der Waals surface area contributed by atoms with Gasteiger partial charge in [0.25, 0.3) is 17.9 Å². The van der Waals surface area contributed by atoms with Gasteiger partial charge in [-0.3, -0.25) is 9.59 Å². The van der Waals surface area contributed by atoms with Crippen molar-refractivity contribution >= 4 is 17.5 Å². The Morgan fingerprint density at radius 2 is 1.85 bits per heavy atom. The number of nitrogens with zero attached hydrogens (tertiary/aromatic N) is 5. The van der Waals surface area contributed by atoms with E-state index in [1.807, 2.05) is 16.7 Å². The Morgan fingerprint density at radius 1 is 1.15 bits per heavy atom. The number of H-pyrrole nitrogens is 1. The summed E-state index contributed by atoms with van der Waals surface area (Å²) in [6.07, 6.45) is 2.96. The van der Waals surface area contributed by atoms with Crippen LogP contribution in [0.1, 0.15) is 43.7 Å². The van der Waals surface area contributed by atoms with E-state index < -0.39 is 12.5 Å². The molecule has 184 valence electrons. The highest BCUT2D eigenvalue weighted by molar-refractivity contribution is 5.83. The second-order valence-electron chi connectivity index (χ2n) is 8.76. The number of ether oxygens (including phenoxy) is 1. The topological polar surface area (TPSA) is 116 Å². The minimum absolute atomic E-state index is 0.00260. The molecule has 2 saturated heterocycles. The Kier molecular flexibility index (Phi) is 7.35. The fourth-order valence-corrected chi connectivity index (χ4v) is 4.35. The van der Waals surface area contributed by atoms with Crippen molar-refractivity contribution in [3.63, 3.8) is 0 Å². The smallest absolute Gasteiger partial charge is 0.269 e. The molecule has 0 bridgehead atoms. The van der Waals surface area contributed by atoms with Gasteiger partial charge >= 0.3 is 0 Å². The first-order valence-corrected chi connectivity index (χ1v) is 11.4. The zero-order valence-corrected chi connectivity index (χ0v) is 19.2. The summed E-state index contributed by atoms with van der Waals surface area (Å²) in [5, 5.41) is 9.39. The van der Waals surface area contributed by atoms with E-state index in [1.165, 1.54) is 0 Å². The maximum atomic E-state index is 12.9. The normalized spacial score (nSPS) is 20.3. The maximum Gasteiger partial charge on any atom is 0.269 e. The Bertz CT molecular complexity index is 1040. The minimum atomic E-state index is -2.58. The molecule has 2 N–H and O–H groups in total. The molecular formula is C22H29F2N7O3. The number of carbonyl (C=O) groups excluding carboxylic acids is 1. The zero-order chi connectivity index (χ0) is 24.2. The predicted octanol–water partition coefficient (Wildman–Crippen LogP) is 1.89. The van der Waals surface area contributed by atoms with Crippen molar-refractivity contribution in [1.29, 1.82) is 0 Å². The van der Waals surface area contributed by atoms with E-state index in [4.69, 9.17) is 4.74 Å². The van der Waals surface area contributed by atoms with Crippen molar-refractivity contribution in [2.75, 3.05) is 36.5 Å². The van der Waals surface area contributed by atoms with Crippen molar-refractivity contribution in [3.8, 4) is 0 Å². The number of nitrogens with one attached hydrogen (secondary N) is 2. The number of alkyl halides is 2. The molecular weight excluding hydrogens is 448 g/mol. The summed E-state index contributed by atoms with van der Waals surface area (Å²) in [7, 11) is 0. The van der Waals surface area contributed by atoms with Crippen LogP contribution >= 0.6 is 0 Å². The van der Waals surface area contributed by atoms with Crippen LogP contribution in [0.3, 0.4) is 0 Å². The van der Waals surface area contributed by atoms with Crippen LogP contribution in [0.4, 0.5) is 20.4 Å². The highest BCUT2D eigenvalue weighted by Crippen LogP contribution is 2.26. The molecule has 0 saturated carbocycles.